The molecule has 1 atom stereocenters. The molecule has 0 aromatic heterocycles. The fourth-order valence-electron chi connectivity index (χ4n) is 1.84. The minimum atomic E-state index is -3.63. The first-order valence-corrected chi connectivity index (χ1v) is 7.89. The van der Waals surface area contributed by atoms with Crippen LogP contribution in [0.4, 0.5) is 5.69 Å². The van der Waals surface area contributed by atoms with E-state index in [1.807, 2.05) is 0 Å². The lowest BCUT2D eigenvalue weighted by atomic mass is 10.1. The number of non-ortho nitro benzene ring substituents is 1. The van der Waals surface area contributed by atoms with E-state index in [1.165, 1.54) is 12.1 Å². The fraction of sp³-hybridized carbons (Fsp3) is 0.143. The van der Waals surface area contributed by atoms with Gasteiger partial charge < -0.3 is 9.46 Å². The molecule has 2 aromatic carbocycles. The Morgan fingerprint density at radius 3 is 2.15 bits per heavy atom. The van der Waals surface area contributed by atoms with Gasteiger partial charge in [0.2, 0.25) is 0 Å². The van der Waals surface area contributed by atoms with Crippen molar-refractivity contribution in [3.63, 3.8) is 0 Å². The molecule has 0 aliphatic carbocycles. The third-order valence-electron chi connectivity index (χ3n) is 2.99. The third-order valence-corrected chi connectivity index (χ3v) is 4.89. The molecule has 5 nitrogen and oxygen atoms in total. The number of nitrogens with zero attached hydrogens (tertiary/aromatic N) is 1. The molecule has 2 rings (SSSR count). The van der Waals surface area contributed by atoms with Gasteiger partial charge in [-0.1, -0.05) is 42.5 Å². The number of aryl methyl sites for hydroxylation is 1. The van der Waals surface area contributed by atoms with Gasteiger partial charge in [-0.3, -0.25) is 10.1 Å². The van der Waals surface area contributed by atoms with Crippen molar-refractivity contribution in [2.75, 3.05) is 6.16 Å². The summed E-state index contributed by atoms with van der Waals surface area (Å²) in [6.45, 7) is 0. The van der Waals surface area contributed by atoms with E-state index >= 15 is 0 Å². The van der Waals surface area contributed by atoms with Crippen molar-refractivity contribution >= 4 is 18.4 Å². The van der Waals surface area contributed by atoms with Crippen LogP contribution < -0.4 is 10.2 Å². The Kier molecular flexibility index (Phi) is 4.32. The SMILES string of the molecule is O=[N+]([O-])c1ccc(CCP(=O)([O-])c2ccccc2)cc1. The van der Waals surface area contributed by atoms with Gasteiger partial charge in [0.1, 0.15) is 0 Å². The molecule has 20 heavy (non-hydrogen) atoms. The second-order valence-corrected chi connectivity index (χ2v) is 6.72. The van der Waals surface area contributed by atoms with E-state index in [4.69, 9.17) is 0 Å². The first-order valence-electron chi connectivity index (χ1n) is 6.08. The molecule has 104 valence electrons. The van der Waals surface area contributed by atoms with Crippen molar-refractivity contribution in [1.29, 1.82) is 0 Å². The molecule has 6 heteroatoms. The van der Waals surface area contributed by atoms with E-state index in [-0.39, 0.29) is 11.8 Å². The van der Waals surface area contributed by atoms with Crippen LogP contribution in [0, 0.1) is 10.1 Å². The molecule has 0 aliphatic heterocycles. The number of hydrogen-bond acceptors (Lipinski definition) is 4. The van der Waals surface area contributed by atoms with Gasteiger partial charge in [0.05, 0.1) is 4.92 Å². The molecule has 0 saturated heterocycles. The second-order valence-electron chi connectivity index (χ2n) is 4.41. The van der Waals surface area contributed by atoms with Crippen LogP contribution in [0.1, 0.15) is 5.56 Å². The zero-order valence-corrected chi connectivity index (χ0v) is 11.5. The van der Waals surface area contributed by atoms with Gasteiger partial charge in [-0.15, -0.1) is 0 Å². The van der Waals surface area contributed by atoms with Gasteiger partial charge in [-0.25, -0.2) is 0 Å². The van der Waals surface area contributed by atoms with Crippen LogP contribution in [-0.2, 0) is 11.0 Å². The zero-order chi connectivity index (χ0) is 14.6. The number of hydrogen-bond donors (Lipinski definition) is 0. The molecule has 2 aromatic rings. The summed E-state index contributed by atoms with van der Waals surface area (Å²) in [5.41, 5.74) is 0.768. The first-order chi connectivity index (χ1) is 9.49. The maximum absolute atomic E-state index is 12.1. The number of nitro benzene ring substituents is 1. The molecule has 0 heterocycles. The van der Waals surface area contributed by atoms with E-state index in [1.54, 1.807) is 42.5 Å². The van der Waals surface area contributed by atoms with Crippen molar-refractivity contribution in [1.82, 2.24) is 0 Å². The minimum absolute atomic E-state index is 0.00196. The average molecular weight is 290 g/mol. The van der Waals surface area contributed by atoms with Gasteiger partial charge in [0.15, 0.2) is 0 Å². The lowest BCUT2D eigenvalue weighted by Crippen LogP contribution is -2.18. The van der Waals surface area contributed by atoms with Crippen molar-refractivity contribution < 1.29 is 14.4 Å². The molecule has 0 radical (unpaired) electrons. The van der Waals surface area contributed by atoms with Crippen LogP contribution in [0.3, 0.4) is 0 Å². The largest absolute Gasteiger partial charge is 0.796 e. The van der Waals surface area contributed by atoms with Crippen molar-refractivity contribution in [2.45, 2.75) is 6.42 Å². The minimum Gasteiger partial charge on any atom is -0.796 e. The van der Waals surface area contributed by atoms with Crippen LogP contribution in [0.5, 0.6) is 0 Å². The topological polar surface area (TPSA) is 83.3 Å². The van der Waals surface area contributed by atoms with E-state index < -0.39 is 12.3 Å². The van der Waals surface area contributed by atoms with Crippen molar-refractivity contribution in [3.8, 4) is 0 Å². The van der Waals surface area contributed by atoms with Gasteiger partial charge in [-0.2, -0.15) is 0 Å². The normalized spacial score (nSPS) is 13.7. The molecule has 0 aliphatic rings. The monoisotopic (exact) mass is 290 g/mol. The highest BCUT2D eigenvalue weighted by molar-refractivity contribution is 7.64. The summed E-state index contributed by atoms with van der Waals surface area (Å²) in [6.07, 6.45) is 0.350. The van der Waals surface area contributed by atoms with Gasteiger partial charge >= 0.3 is 0 Å². The summed E-state index contributed by atoms with van der Waals surface area (Å²) in [6, 6.07) is 14.2. The molecular formula is C14H13NO4P-. The standard InChI is InChI=1S/C14H14NO4P/c16-15(17)13-8-6-12(7-9-13)10-11-20(18,19)14-4-2-1-3-5-14/h1-9H,10-11H2,(H,18,19)/p-1. The van der Waals surface area contributed by atoms with Gasteiger partial charge in [-0.05, 0) is 23.5 Å². The van der Waals surface area contributed by atoms with Crippen LogP contribution in [-0.4, -0.2) is 11.1 Å². The zero-order valence-electron chi connectivity index (χ0n) is 10.6. The van der Waals surface area contributed by atoms with Crippen LogP contribution >= 0.6 is 7.37 Å². The summed E-state index contributed by atoms with van der Waals surface area (Å²) in [4.78, 5) is 22.1. The van der Waals surface area contributed by atoms with E-state index in [2.05, 4.69) is 0 Å². The van der Waals surface area contributed by atoms with Gasteiger partial charge in [0, 0.05) is 19.5 Å². The Balaban J connectivity index is 2.05. The summed E-state index contributed by atoms with van der Waals surface area (Å²) in [7, 11) is -3.63. The summed E-state index contributed by atoms with van der Waals surface area (Å²) in [5, 5.41) is 10.8. The van der Waals surface area contributed by atoms with Crippen LogP contribution in [0.25, 0.3) is 0 Å². The maximum Gasteiger partial charge on any atom is 0.269 e. The third kappa shape index (κ3) is 3.53. The highest BCUT2D eigenvalue weighted by atomic mass is 31.2. The highest BCUT2D eigenvalue weighted by Crippen LogP contribution is 2.34. The Labute approximate surface area is 116 Å². The van der Waals surface area contributed by atoms with Crippen LogP contribution in [0.15, 0.2) is 54.6 Å². The highest BCUT2D eigenvalue weighted by Gasteiger charge is 2.11. The molecule has 0 amide bonds. The van der Waals surface area contributed by atoms with Crippen molar-refractivity contribution in [3.05, 3.63) is 70.3 Å². The predicted molar refractivity (Wildman–Crippen MR) is 75.3 cm³/mol. The Morgan fingerprint density at radius 2 is 1.60 bits per heavy atom. The summed E-state index contributed by atoms with van der Waals surface area (Å²) >= 11 is 0. The predicted octanol–water partition coefficient (Wildman–Crippen LogP) is 2.10. The smallest absolute Gasteiger partial charge is 0.269 e. The molecule has 0 bridgehead atoms. The van der Waals surface area contributed by atoms with E-state index in [0.717, 1.165) is 5.56 Å². The lowest BCUT2D eigenvalue weighted by Gasteiger charge is -2.23. The second kappa shape index (κ2) is 5.99. The average Bonchev–Trinajstić information content (AvgIpc) is 2.46. The molecule has 0 N–H and O–H groups in total. The Bertz CT molecular complexity index is 640. The maximum atomic E-state index is 12.1. The quantitative estimate of drug-likeness (QED) is 0.479. The molecule has 0 spiro atoms. The molecule has 1 unspecified atom stereocenters. The van der Waals surface area contributed by atoms with Crippen molar-refractivity contribution in [2.24, 2.45) is 0 Å². The number of rotatable bonds is 5. The Hall–Kier alpha value is -1.97. The summed E-state index contributed by atoms with van der Waals surface area (Å²) < 4.78 is 12.1. The van der Waals surface area contributed by atoms with Crippen LogP contribution in [0.2, 0.25) is 0 Å². The summed E-state index contributed by atoms with van der Waals surface area (Å²) in [5.74, 6) is 0. The molecule has 0 fully saturated rings. The van der Waals surface area contributed by atoms with Gasteiger partial charge in [0.25, 0.3) is 5.69 Å². The molecule has 0 saturated carbocycles. The Morgan fingerprint density at radius 1 is 1.00 bits per heavy atom. The van der Waals surface area contributed by atoms with E-state index in [9.17, 15) is 19.6 Å². The van der Waals surface area contributed by atoms with E-state index in [0.29, 0.717) is 11.7 Å². The number of nitro groups is 1. The fourth-order valence-corrected chi connectivity index (χ4v) is 3.28. The molecular weight excluding hydrogens is 277 g/mol. The number of benzene rings is 2. The lowest BCUT2D eigenvalue weighted by molar-refractivity contribution is -0.384. The first kappa shape index (κ1) is 14.4.